The first-order valence-corrected chi connectivity index (χ1v) is 8.58. The molecular formula is C18H19N5O4. The highest BCUT2D eigenvalue weighted by Crippen LogP contribution is 2.33. The Labute approximate surface area is 154 Å². The summed E-state index contributed by atoms with van der Waals surface area (Å²) in [4.78, 5) is 25.3. The van der Waals surface area contributed by atoms with Crippen molar-refractivity contribution in [3.63, 3.8) is 0 Å². The van der Waals surface area contributed by atoms with Crippen molar-refractivity contribution < 1.29 is 19.7 Å². The molecule has 0 spiro atoms. The van der Waals surface area contributed by atoms with E-state index in [0.717, 1.165) is 0 Å². The molecule has 9 nitrogen and oxygen atoms in total. The van der Waals surface area contributed by atoms with Gasteiger partial charge in [-0.15, -0.1) is 0 Å². The number of carbonyl (C=O) groups is 1. The molecule has 140 valence electrons. The molecule has 0 radical (unpaired) electrons. The van der Waals surface area contributed by atoms with Crippen molar-refractivity contribution in [1.29, 1.82) is 0 Å². The lowest BCUT2D eigenvalue weighted by Crippen LogP contribution is -2.24. The molecule has 3 atom stereocenters. The van der Waals surface area contributed by atoms with Crippen LogP contribution >= 0.6 is 0 Å². The lowest BCUT2D eigenvalue weighted by Gasteiger charge is -2.15. The molecule has 1 aliphatic rings. The van der Waals surface area contributed by atoms with Crippen molar-refractivity contribution in [2.75, 3.05) is 11.9 Å². The summed E-state index contributed by atoms with van der Waals surface area (Å²) in [6.07, 6.45) is -0.264. The molecule has 9 heteroatoms. The average Bonchev–Trinajstić information content (AvgIpc) is 3.21. The molecule has 1 saturated heterocycles. The molecule has 1 aromatic carbocycles. The number of hydrogen-bond acceptors (Lipinski definition) is 7. The van der Waals surface area contributed by atoms with E-state index in [4.69, 9.17) is 4.74 Å². The number of anilines is 1. The van der Waals surface area contributed by atoms with Crippen LogP contribution in [0.15, 0.2) is 36.7 Å². The highest BCUT2D eigenvalue weighted by Gasteiger charge is 2.36. The molecule has 3 heterocycles. The Hall–Kier alpha value is -2.88. The number of ether oxygens (including phenoxy) is 1. The Balaban J connectivity index is 1.68. The number of imidazole rings is 1. The van der Waals surface area contributed by atoms with Crippen LogP contribution in [0.3, 0.4) is 0 Å². The SMILES string of the molecule is Cc1nc2c(NC(=O)c3ccccc3)ncnc2n1[C@H]1CC(O)[C@@H](CO)O1. The zero-order valence-corrected chi connectivity index (χ0v) is 14.6. The predicted molar refractivity (Wildman–Crippen MR) is 96.1 cm³/mol. The monoisotopic (exact) mass is 369 g/mol. The smallest absolute Gasteiger partial charge is 0.256 e. The van der Waals surface area contributed by atoms with Crippen molar-refractivity contribution in [3.8, 4) is 0 Å². The first-order chi connectivity index (χ1) is 13.1. The first-order valence-electron chi connectivity index (χ1n) is 8.58. The lowest BCUT2D eigenvalue weighted by atomic mass is 10.2. The van der Waals surface area contributed by atoms with Gasteiger partial charge in [0.2, 0.25) is 0 Å². The maximum absolute atomic E-state index is 12.4. The summed E-state index contributed by atoms with van der Waals surface area (Å²) < 4.78 is 7.47. The highest BCUT2D eigenvalue weighted by atomic mass is 16.5. The number of carbonyl (C=O) groups excluding carboxylic acids is 1. The van der Waals surface area contributed by atoms with Crippen molar-refractivity contribution >= 4 is 22.9 Å². The second-order valence-corrected chi connectivity index (χ2v) is 6.36. The van der Waals surface area contributed by atoms with Gasteiger partial charge in [-0.25, -0.2) is 15.0 Å². The minimum absolute atomic E-state index is 0.267. The minimum Gasteiger partial charge on any atom is -0.394 e. The third-order valence-corrected chi connectivity index (χ3v) is 4.59. The molecule has 2 aromatic heterocycles. The van der Waals surface area contributed by atoms with E-state index < -0.39 is 18.4 Å². The second-order valence-electron chi connectivity index (χ2n) is 6.36. The summed E-state index contributed by atoms with van der Waals surface area (Å²) in [6, 6.07) is 8.81. The molecule has 1 amide bonds. The number of benzene rings is 1. The van der Waals surface area contributed by atoms with Gasteiger partial charge in [0.05, 0.1) is 12.7 Å². The summed E-state index contributed by atoms with van der Waals surface area (Å²) in [7, 11) is 0. The molecule has 27 heavy (non-hydrogen) atoms. The van der Waals surface area contributed by atoms with E-state index in [2.05, 4.69) is 20.3 Å². The van der Waals surface area contributed by atoms with Gasteiger partial charge in [0.25, 0.3) is 5.91 Å². The Morgan fingerprint density at radius 3 is 2.81 bits per heavy atom. The van der Waals surface area contributed by atoms with Crippen LogP contribution in [0.1, 0.15) is 28.8 Å². The largest absolute Gasteiger partial charge is 0.394 e. The van der Waals surface area contributed by atoms with Crippen LogP contribution in [0, 0.1) is 6.92 Å². The summed E-state index contributed by atoms with van der Waals surface area (Å²) >= 11 is 0. The summed E-state index contributed by atoms with van der Waals surface area (Å²) in [5.41, 5.74) is 1.43. The van der Waals surface area contributed by atoms with E-state index in [-0.39, 0.29) is 12.5 Å². The number of nitrogens with one attached hydrogen (secondary N) is 1. The van der Waals surface area contributed by atoms with Crippen LogP contribution in [-0.2, 0) is 4.74 Å². The summed E-state index contributed by atoms with van der Waals surface area (Å²) in [5.74, 6) is 0.611. The number of fused-ring (bicyclic) bond motifs is 1. The van der Waals surface area contributed by atoms with Gasteiger partial charge in [-0.05, 0) is 19.1 Å². The highest BCUT2D eigenvalue weighted by molar-refractivity contribution is 6.06. The molecule has 3 N–H and O–H groups in total. The van der Waals surface area contributed by atoms with Gasteiger partial charge >= 0.3 is 0 Å². The number of aryl methyl sites for hydroxylation is 1. The Bertz CT molecular complexity index is 975. The molecule has 1 fully saturated rings. The quantitative estimate of drug-likeness (QED) is 0.628. The molecule has 4 rings (SSSR count). The topological polar surface area (TPSA) is 122 Å². The van der Waals surface area contributed by atoms with Gasteiger partial charge in [-0.1, -0.05) is 18.2 Å². The van der Waals surface area contributed by atoms with Crippen LogP contribution in [0.25, 0.3) is 11.2 Å². The van der Waals surface area contributed by atoms with Crippen molar-refractivity contribution in [1.82, 2.24) is 19.5 Å². The van der Waals surface area contributed by atoms with Gasteiger partial charge in [-0.2, -0.15) is 0 Å². The van der Waals surface area contributed by atoms with Crippen LogP contribution < -0.4 is 5.32 Å². The van der Waals surface area contributed by atoms with Crippen LogP contribution in [0.2, 0.25) is 0 Å². The molecule has 0 bridgehead atoms. The Morgan fingerprint density at radius 2 is 2.11 bits per heavy atom. The van der Waals surface area contributed by atoms with Gasteiger partial charge in [-0.3, -0.25) is 9.36 Å². The summed E-state index contributed by atoms with van der Waals surface area (Å²) in [6.45, 7) is 1.52. The van der Waals surface area contributed by atoms with Gasteiger partial charge < -0.3 is 20.3 Å². The fourth-order valence-electron chi connectivity index (χ4n) is 3.26. The maximum atomic E-state index is 12.4. The lowest BCUT2D eigenvalue weighted by molar-refractivity contribution is -0.0438. The standard InChI is InChI=1S/C18H19N5O4/c1-10-21-15-16(22-18(26)11-5-3-2-4-6-11)19-9-20-17(15)23(10)14-7-12(25)13(8-24)27-14/h2-6,9,12-14,24-25H,7-8H2,1H3,(H,19,20,22,26)/t12?,13-,14-/m1/s1. The average molecular weight is 369 g/mol. The number of aliphatic hydroxyl groups excluding tert-OH is 2. The van der Waals surface area contributed by atoms with Gasteiger partial charge in [0, 0.05) is 12.0 Å². The van der Waals surface area contributed by atoms with E-state index in [1.165, 1.54) is 6.33 Å². The minimum atomic E-state index is -0.768. The molecule has 0 aliphatic carbocycles. The number of rotatable bonds is 4. The number of aromatic nitrogens is 4. The second kappa shape index (κ2) is 7.03. The first kappa shape index (κ1) is 17.5. The number of amides is 1. The number of aliphatic hydroxyl groups is 2. The van der Waals surface area contributed by atoms with Crippen molar-refractivity contribution in [3.05, 3.63) is 48.0 Å². The van der Waals surface area contributed by atoms with Crippen LogP contribution in [0.4, 0.5) is 5.82 Å². The Morgan fingerprint density at radius 1 is 1.33 bits per heavy atom. The third kappa shape index (κ3) is 3.16. The predicted octanol–water partition coefficient (Wildman–Crippen LogP) is 1.03. The van der Waals surface area contributed by atoms with E-state index in [9.17, 15) is 15.0 Å². The zero-order valence-electron chi connectivity index (χ0n) is 14.6. The number of nitrogens with zero attached hydrogens (tertiary/aromatic N) is 4. The van der Waals surface area contributed by atoms with Crippen LogP contribution in [-0.4, -0.2) is 54.5 Å². The van der Waals surface area contributed by atoms with E-state index in [0.29, 0.717) is 34.8 Å². The third-order valence-electron chi connectivity index (χ3n) is 4.59. The fraction of sp³-hybridized carbons (Fsp3) is 0.333. The fourth-order valence-corrected chi connectivity index (χ4v) is 3.26. The van der Waals surface area contributed by atoms with Gasteiger partial charge in [0.1, 0.15) is 24.5 Å². The van der Waals surface area contributed by atoms with Crippen molar-refractivity contribution in [2.45, 2.75) is 31.8 Å². The summed E-state index contributed by atoms with van der Waals surface area (Å²) in [5, 5.41) is 22.1. The van der Waals surface area contributed by atoms with Crippen molar-refractivity contribution in [2.24, 2.45) is 0 Å². The number of hydrogen-bond donors (Lipinski definition) is 3. The van der Waals surface area contributed by atoms with E-state index in [1.54, 1.807) is 35.8 Å². The van der Waals surface area contributed by atoms with E-state index in [1.807, 2.05) is 6.07 Å². The van der Waals surface area contributed by atoms with Crippen LogP contribution in [0.5, 0.6) is 0 Å². The zero-order chi connectivity index (χ0) is 19.0. The maximum Gasteiger partial charge on any atom is 0.256 e. The normalized spacial score (nSPS) is 22.3. The Kier molecular flexibility index (Phi) is 4.56. The molecule has 3 aromatic rings. The van der Waals surface area contributed by atoms with Gasteiger partial charge in [0.15, 0.2) is 17.0 Å². The molecule has 1 unspecified atom stereocenters. The molecular weight excluding hydrogens is 350 g/mol. The molecule has 0 saturated carbocycles. The van der Waals surface area contributed by atoms with E-state index >= 15 is 0 Å². The molecule has 1 aliphatic heterocycles.